The van der Waals surface area contributed by atoms with Gasteiger partial charge in [-0.15, -0.1) is 0 Å². The number of hydrogen-bond donors (Lipinski definition) is 0. The number of anilines is 1. The third kappa shape index (κ3) is 3.04. The van der Waals surface area contributed by atoms with E-state index in [1.807, 2.05) is 26.2 Å². The van der Waals surface area contributed by atoms with E-state index < -0.39 is 0 Å². The third-order valence-corrected chi connectivity index (χ3v) is 4.23. The van der Waals surface area contributed by atoms with E-state index in [9.17, 15) is 0 Å². The topological polar surface area (TPSA) is 41.9 Å². The van der Waals surface area contributed by atoms with Gasteiger partial charge in [-0.2, -0.15) is 0 Å². The van der Waals surface area contributed by atoms with Crippen molar-refractivity contribution in [2.45, 2.75) is 45.6 Å². The highest BCUT2D eigenvalue weighted by Crippen LogP contribution is 2.35. The van der Waals surface area contributed by atoms with E-state index in [0.29, 0.717) is 5.92 Å². The largest absolute Gasteiger partial charge is 0.338 e. The number of hydrogen-bond acceptors (Lipinski definition) is 4. The van der Waals surface area contributed by atoms with Crippen LogP contribution in [0.2, 0.25) is 0 Å². The summed E-state index contributed by atoms with van der Waals surface area (Å²) in [6.07, 6.45) is 5.69. The first-order valence-electron chi connectivity index (χ1n) is 7.60. The summed E-state index contributed by atoms with van der Waals surface area (Å²) in [5.41, 5.74) is 4.53. The summed E-state index contributed by atoms with van der Waals surface area (Å²) in [6.45, 7) is 4.88. The first kappa shape index (κ1) is 14.0. The van der Waals surface area contributed by atoms with Crippen molar-refractivity contribution in [1.29, 1.82) is 0 Å². The van der Waals surface area contributed by atoms with E-state index in [2.05, 4.69) is 33.9 Å². The fourth-order valence-corrected chi connectivity index (χ4v) is 2.64. The van der Waals surface area contributed by atoms with Gasteiger partial charge in [0.25, 0.3) is 0 Å². The van der Waals surface area contributed by atoms with Crippen molar-refractivity contribution in [2.75, 3.05) is 11.9 Å². The quantitative estimate of drug-likeness (QED) is 0.862. The Bertz CT molecular complexity index is 634. The molecule has 0 aromatic carbocycles. The number of aryl methyl sites for hydroxylation is 2. The lowest BCUT2D eigenvalue weighted by Crippen LogP contribution is -2.22. The third-order valence-electron chi connectivity index (χ3n) is 4.23. The van der Waals surface area contributed by atoms with Crippen molar-refractivity contribution in [3.8, 4) is 0 Å². The second kappa shape index (κ2) is 5.80. The van der Waals surface area contributed by atoms with Crippen molar-refractivity contribution in [3.05, 3.63) is 47.0 Å². The predicted molar refractivity (Wildman–Crippen MR) is 84.4 cm³/mol. The van der Waals surface area contributed by atoms with Crippen LogP contribution in [-0.4, -0.2) is 22.0 Å². The number of aromatic nitrogens is 3. The van der Waals surface area contributed by atoms with E-state index in [0.717, 1.165) is 23.9 Å². The SMILES string of the molecule is Cc1cc(C2CCC2)nc(N(C)Cc2ncccc2C)n1. The normalized spacial score (nSPS) is 14.8. The van der Waals surface area contributed by atoms with Gasteiger partial charge in [0, 0.05) is 30.6 Å². The van der Waals surface area contributed by atoms with Crippen LogP contribution in [0.25, 0.3) is 0 Å². The summed E-state index contributed by atoms with van der Waals surface area (Å²) < 4.78 is 0. The van der Waals surface area contributed by atoms with Crippen molar-refractivity contribution in [2.24, 2.45) is 0 Å². The first-order chi connectivity index (χ1) is 10.1. The summed E-state index contributed by atoms with van der Waals surface area (Å²) in [5.74, 6) is 1.44. The molecular weight excluding hydrogens is 260 g/mol. The molecule has 2 heterocycles. The first-order valence-corrected chi connectivity index (χ1v) is 7.60. The molecule has 1 aliphatic rings. The smallest absolute Gasteiger partial charge is 0.225 e. The van der Waals surface area contributed by atoms with Crippen molar-refractivity contribution >= 4 is 5.95 Å². The van der Waals surface area contributed by atoms with Gasteiger partial charge in [-0.1, -0.05) is 12.5 Å². The minimum Gasteiger partial charge on any atom is -0.338 e. The van der Waals surface area contributed by atoms with Crippen LogP contribution >= 0.6 is 0 Å². The Morgan fingerprint density at radius 3 is 2.71 bits per heavy atom. The highest BCUT2D eigenvalue weighted by Gasteiger charge is 2.22. The minimum atomic E-state index is 0.635. The molecule has 0 amide bonds. The van der Waals surface area contributed by atoms with Crippen LogP contribution in [0, 0.1) is 13.8 Å². The van der Waals surface area contributed by atoms with Crippen molar-refractivity contribution < 1.29 is 0 Å². The lowest BCUT2D eigenvalue weighted by atomic mass is 9.83. The molecule has 0 bridgehead atoms. The maximum Gasteiger partial charge on any atom is 0.225 e. The second-order valence-electron chi connectivity index (χ2n) is 5.99. The summed E-state index contributed by atoms with van der Waals surface area (Å²) in [6, 6.07) is 6.19. The van der Waals surface area contributed by atoms with Gasteiger partial charge >= 0.3 is 0 Å². The zero-order valence-electron chi connectivity index (χ0n) is 13.0. The Labute approximate surface area is 126 Å². The molecule has 21 heavy (non-hydrogen) atoms. The molecule has 0 unspecified atom stereocenters. The lowest BCUT2D eigenvalue weighted by Gasteiger charge is -2.26. The zero-order chi connectivity index (χ0) is 14.8. The van der Waals surface area contributed by atoms with Gasteiger partial charge in [-0.25, -0.2) is 9.97 Å². The Balaban J connectivity index is 1.82. The van der Waals surface area contributed by atoms with Crippen molar-refractivity contribution in [1.82, 2.24) is 15.0 Å². The van der Waals surface area contributed by atoms with E-state index in [4.69, 9.17) is 4.98 Å². The van der Waals surface area contributed by atoms with Crippen LogP contribution < -0.4 is 4.90 Å². The molecule has 4 heteroatoms. The zero-order valence-corrected chi connectivity index (χ0v) is 13.0. The van der Waals surface area contributed by atoms with Gasteiger partial charge in [0.05, 0.1) is 12.2 Å². The highest BCUT2D eigenvalue weighted by molar-refractivity contribution is 5.34. The van der Waals surface area contributed by atoms with Gasteiger partial charge in [-0.05, 0) is 44.4 Å². The molecule has 0 N–H and O–H groups in total. The molecule has 1 saturated carbocycles. The minimum absolute atomic E-state index is 0.635. The average molecular weight is 282 g/mol. The maximum atomic E-state index is 4.77. The van der Waals surface area contributed by atoms with Gasteiger partial charge in [0.2, 0.25) is 5.95 Å². The molecule has 0 saturated heterocycles. The average Bonchev–Trinajstić information content (AvgIpc) is 2.38. The fourth-order valence-electron chi connectivity index (χ4n) is 2.64. The molecule has 2 aromatic heterocycles. The Hall–Kier alpha value is -1.97. The summed E-state index contributed by atoms with van der Waals surface area (Å²) in [5, 5.41) is 0. The summed E-state index contributed by atoms with van der Waals surface area (Å²) in [7, 11) is 2.04. The van der Waals surface area contributed by atoms with Crippen LogP contribution in [0.15, 0.2) is 24.4 Å². The Kier molecular flexibility index (Phi) is 3.86. The van der Waals surface area contributed by atoms with E-state index in [1.165, 1.54) is 30.5 Å². The lowest BCUT2D eigenvalue weighted by molar-refractivity contribution is 0.410. The molecular formula is C17H22N4. The second-order valence-corrected chi connectivity index (χ2v) is 5.99. The maximum absolute atomic E-state index is 4.77. The molecule has 1 aliphatic carbocycles. The van der Waals surface area contributed by atoms with Crippen LogP contribution in [0.1, 0.15) is 47.8 Å². The summed E-state index contributed by atoms with van der Waals surface area (Å²) >= 11 is 0. The molecule has 3 rings (SSSR count). The molecule has 0 radical (unpaired) electrons. The standard InChI is InChI=1S/C17H22N4/c1-12-6-5-9-18-16(12)11-21(3)17-19-13(2)10-15(20-17)14-7-4-8-14/h5-6,9-10,14H,4,7-8,11H2,1-3H3. The predicted octanol–water partition coefficient (Wildman–Crippen LogP) is 3.39. The van der Waals surface area contributed by atoms with Crippen LogP contribution in [-0.2, 0) is 6.54 Å². The molecule has 0 aliphatic heterocycles. The molecule has 2 aromatic rings. The molecule has 1 fully saturated rings. The van der Waals surface area contributed by atoms with Crippen LogP contribution in [0.3, 0.4) is 0 Å². The number of nitrogens with zero attached hydrogens (tertiary/aromatic N) is 4. The van der Waals surface area contributed by atoms with Crippen molar-refractivity contribution in [3.63, 3.8) is 0 Å². The van der Waals surface area contributed by atoms with E-state index in [-0.39, 0.29) is 0 Å². The Morgan fingerprint density at radius 2 is 2.05 bits per heavy atom. The van der Waals surface area contributed by atoms with Crippen LogP contribution in [0.5, 0.6) is 0 Å². The summed E-state index contributed by atoms with van der Waals surface area (Å²) in [4.78, 5) is 15.9. The highest BCUT2D eigenvalue weighted by atomic mass is 15.2. The number of pyridine rings is 1. The molecule has 110 valence electrons. The van der Waals surface area contributed by atoms with E-state index in [1.54, 1.807) is 0 Å². The van der Waals surface area contributed by atoms with E-state index >= 15 is 0 Å². The Morgan fingerprint density at radius 1 is 1.24 bits per heavy atom. The van der Waals surface area contributed by atoms with Gasteiger partial charge in [-0.3, -0.25) is 4.98 Å². The fraction of sp³-hybridized carbons (Fsp3) is 0.471. The van der Waals surface area contributed by atoms with Gasteiger partial charge < -0.3 is 4.90 Å². The molecule has 0 atom stereocenters. The van der Waals surface area contributed by atoms with Crippen LogP contribution in [0.4, 0.5) is 5.95 Å². The molecule has 0 spiro atoms. The molecule has 4 nitrogen and oxygen atoms in total. The van der Waals surface area contributed by atoms with Gasteiger partial charge in [0.1, 0.15) is 0 Å². The van der Waals surface area contributed by atoms with Gasteiger partial charge in [0.15, 0.2) is 0 Å². The number of rotatable bonds is 4. The monoisotopic (exact) mass is 282 g/mol.